The number of H-pyrrole nitrogens is 6. The average Bonchev–Trinajstić information content (AvgIpc) is 1.71. The third-order valence-electron chi connectivity index (χ3n) is 13.7. The molecule has 6 rings (SSSR count). The van der Waals surface area contributed by atoms with E-state index < -0.39 is 52.3 Å². The van der Waals surface area contributed by atoms with Crippen LogP contribution >= 0.6 is 0 Å². The largest absolute Gasteiger partial charge is 0.477 e. The highest BCUT2D eigenvalue weighted by molar-refractivity contribution is 5.93. The molecule has 0 aromatic carbocycles. The van der Waals surface area contributed by atoms with E-state index in [1.807, 2.05) is 62.3 Å². The summed E-state index contributed by atoms with van der Waals surface area (Å²) in [5.74, 6) is -0.0935. The van der Waals surface area contributed by atoms with Gasteiger partial charge in [-0.1, -0.05) is 54.7 Å². The molecular formula is C68H108N12O16. The molecule has 0 saturated carbocycles. The first-order valence-corrected chi connectivity index (χ1v) is 32.4. The van der Waals surface area contributed by atoms with Crippen molar-refractivity contribution in [2.45, 2.75) is 231 Å². The van der Waals surface area contributed by atoms with Crippen LogP contribution in [0.5, 0.6) is 0 Å². The number of aliphatic hydroxyl groups is 2. The van der Waals surface area contributed by atoms with Gasteiger partial charge >= 0.3 is 35.8 Å². The first-order chi connectivity index (χ1) is 44.8. The number of esters is 3. The fourth-order valence-corrected chi connectivity index (χ4v) is 8.75. The highest BCUT2D eigenvalue weighted by Gasteiger charge is 2.33. The van der Waals surface area contributed by atoms with Crippen molar-refractivity contribution < 1.29 is 78.0 Å². The van der Waals surface area contributed by atoms with Crippen LogP contribution < -0.4 is 0 Å². The number of nitrogens with zero attached hydrogens (tertiary/aromatic N) is 6. The van der Waals surface area contributed by atoms with Crippen LogP contribution in [-0.4, -0.2) is 155 Å². The number of nitrogens with one attached hydrogen (secondary N) is 6. The van der Waals surface area contributed by atoms with Crippen LogP contribution in [0.1, 0.15) is 302 Å². The number of aromatic carboxylic acids is 3. The molecule has 0 aliphatic rings. The van der Waals surface area contributed by atoms with Gasteiger partial charge in [-0.25, -0.2) is 58.7 Å². The Morgan fingerprint density at radius 1 is 0.365 bits per heavy atom. The molecule has 0 spiro atoms. The first kappa shape index (κ1) is 85.4. The number of aromatic nitrogens is 12. The molecule has 0 atom stereocenters. The van der Waals surface area contributed by atoms with Crippen molar-refractivity contribution in [2.75, 3.05) is 34.0 Å². The Morgan fingerprint density at radius 2 is 0.604 bits per heavy atom. The number of carbonyl (C=O) groups excluding carboxylic acids is 3. The van der Waals surface area contributed by atoms with E-state index in [9.17, 15) is 39.0 Å². The van der Waals surface area contributed by atoms with Crippen LogP contribution in [0.4, 0.5) is 0 Å². The summed E-state index contributed by atoms with van der Waals surface area (Å²) in [5, 5.41) is 46.6. The minimum atomic E-state index is -1.22. The molecule has 0 unspecified atom stereocenters. The van der Waals surface area contributed by atoms with E-state index in [0.717, 1.165) is 87.9 Å². The van der Waals surface area contributed by atoms with E-state index in [4.69, 9.17) is 39.0 Å². The Hall–Kier alpha value is -8.60. The molecule has 6 aromatic heterocycles. The summed E-state index contributed by atoms with van der Waals surface area (Å²) < 4.78 is 25.6. The monoisotopic (exact) mass is 1350 g/mol. The summed E-state index contributed by atoms with van der Waals surface area (Å²) in [6.07, 6.45) is 10.1. The van der Waals surface area contributed by atoms with Crippen molar-refractivity contribution >= 4 is 47.0 Å². The zero-order valence-corrected chi connectivity index (χ0v) is 60.4. The SMILES string of the molecule is C=C(C)c1nc(CCC)[nH]c1C(=O)O.C=C(C)c1nc(CCC)[nH]c1C(=O)OCC.CCCc1nc(C(=O)O)c(C(C)(C)O)[nH]1.CCCc1nc(C(=O)O)c(C(C)(C)OC)[nH]1.CCCc1nc(C(=O)OCC)c(C(C)(C)O)[nH]1.CCCc1nc(C(=O)OCC)c(C(C)(C)OC)[nH]1. The molecule has 0 aliphatic carbocycles. The maximum atomic E-state index is 11.9. The second-order valence-electron chi connectivity index (χ2n) is 24.1. The molecule has 96 heavy (non-hydrogen) atoms. The number of methoxy groups -OCH3 is 2. The fraction of sp³-hybridized carbons (Fsp3) is 0.588. The lowest BCUT2D eigenvalue weighted by atomic mass is 10.0. The minimum absolute atomic E-state index is 0.0512. The predicted molar refractivity (Wildman–Crippen MR) is 364 cm³/mol. The highest BCUT2D eigenvalue weighted by Crippen LogP contribution is 2.29. The van der Waals surface area contributed by atoms with Crippen molar-refractivity contribution in [2.24, 2.45) is 0 Å². The number of carbonyl (C=O) groups is 6. The van der Waals surface area contributed by atoms with Crippen LogP contribution in [0.2, 0.25) is 0 Å². The lowest BCUT2D eigenvalue weighted by Crippen LogP contribution is -2.24. The zero-order valence-electron chi connectivity index (χ0n) is 60.4. The molecule has 0 bridgehead atoms. The van der Waals surface area contributed by atoms with Crippen molar-refractivity contribution in [3.05, 3.63) is 116 Å². The van der Waals surface area contributed by atoms with E-state index in [-0.39, 0.29) is 34.4 Å². The summed E-state index contributed by atoms with van der Waals surface area (Å²) in [5.41, 5.74) is 1.78. The molecular weight excluding hydrogens is 1240 g/mol. The van der Waals surface area contributed by atoms with Crippen molar-refractivity contribution in [3.8, 4) is 0 Å². The number of hydrogen-bond acceptors (Lipinski definition) is 19. The normalized spacial score (nSPS) is 11.2. The van der Waals surface area contributed by atoms with Crippen LogP contribution in [-0.2, 0) is 84.6 Å². The molecule has 28 heteroatoms. The maximum absolute atomic E-state index is 11.9. The Labute approximate surface area is 564 Å². The van der Waals surface area contributed by atoms with Crippen LogP contribution in [0, 0.1) is 0 Å². The van der Waals surface area contributed by atoms with Gasteiger partial charge in [0.15, 0.2) is 34.2 Å². The topological polar surface area (TPSA) is 422 Å². The Kier molecular flexibility index (Phi) is 35.7. The highest BCUT2D eigenvalue weighted by atomic mass is 16.5. The van der Waals surface area contributed by atoms with Crippen LogP contribution in [0.15, 0.2) is 13.2 Å². The molecule has 0 saturated heterocycles. The van der Waals surface area contributed by atoms with E-state index in [0.29, 0.717) is 95.0 Å². The van der Waals surface area contributed by atoms with Crippen LogP contribution in [0.3, 0.4) is 0 Å². The standard InChI is InChI=1S/C13H22N2O3.C12H20N2O3.C12H18N2O2.C11H18N2O3.C10H16N2O3.C10H14N2O2/c1-6-8-9-14-10(12(16)18-7-2)11(15-9)13(3,4)17-5;1-5-7-8-13-9(11(15)17-6-2)10(14-8)12(3,4)16;1-5-7-9-13-10(8(3)4)11(14-9)12(15)16-6-2;1-5-6-7-12-8(10(14)15)9(13-7)11(2,3)16-4;1-4-5-6-11-7(9(13)14)8(12-6)10(2,3)15;1-4-5-7-11-8(6(2)3)9(12-7)10(13)14/h6-8H2,1-5H3,(H,14,15);16H,5-7H2,1-4H3,(H,13,14);3,5-7H2,1-2,4H3,(H,13,14);5-6H2,1-4H3,(H,12,13)(H,14,15);15H,4-5H2,1-3H3,(H,11,12)(H,13,14);2,4-5H2,1,3H3,(H,11,12)(H,13,14). The molecule has 0 fully saturated rings. The Morgan fingerprint density at radius 3 is 0.865 bits per heavy atom. The second kappa shape index (κ2) is 40.1. The average molecular weight is 1350 g/mol. The number of rotatable bonds is 29. The third kappa shape index (κ3) is 26.2. The lowest BCUT2D eigenvalue weighted by molar-refractivity contribution is 0.0133. The molecule has 0 radical (unpaired) electrons. The zero-order chi connectivity index (χ0) is 73.6. The summed E-state index contributed by atoms with van der Waals surface area (Å²) >= 11 is 0. The van der Waals surface area contributed by atoms with Gasteiger partial charge < -0.3 is 79.1 Å². The number of imidazole rings is 6. The molecule has 6 heterocycles. The van der Waals surface area contributed by atoms with Gasteiger partial charge in [0.1, 0.15) is 57.4 Å². The van der Waals surface area contributed by atoms with E-state index in [1.54, 1.807) is 55.8 Å². The molecule has 28 nitrogen and oxygen atoms in total. The van der Waals surface area contributed by atoms with Gasteiger partial charge in [0.25, 0.3) is 0 Å². The number of hydrogen-bond donors (Lipinski definition) is 11. The Bertz CT molecular complexity index is 3440. The van der Waals surface area contributed by atoms with E-state index in [2.05, 4.69) is 86.8 Å². The molecule has 0 aliphatic heterocycles. The van der Waals surface area contributed by atoms with Gasteiger partial charge in [0, 0.05) is 52.7 Å². The number of aromatic amines is 6. The number of carboxylic acid groups (broad SMARTS) is 3. The maximum Gasteiger partial charge on any atom is 0.358 e. The van der Waals surface area contributed by atoms with Crippen LogP contribution in [0.25, 0.3) is 11.1 Å². The number of allylic oxidation sites excluding steroid dienone is 2. The molecule has 0 amide bonds. The number of ether oxygens (including phenoxy) is 5. The fourth-order valence-electron chi connectivity index (χ4n) is 8.75. The molecule has 11 N–H and O–H groups in total. The van der Waals surface area contributed by atoms with Crippen molar-refractivity contribution in [1.29, 1.82) is 0 Å². The minimum Gasteiger partial charge on any atom is -0.477 e. The molecule has 536 valence electrons. The predicted octanol–water partition coefficient (Wildman–Crippen LogP) is 12.1. The Balaban J connectivity index is 0.000000577. The quantitative estimate of drug-likeness (QED) is 0.0153. The van der Waals surface area contributed by atoms with Crippen molar-refractivity contribution in [3.63, 3.8) is 0 Å². The van der Waals surface area contributed by atoms with Gasteiger partial charge in [0.05, 0.1) is 54.0 Å². The molecule has 6 aromatic rings. The smallest absolute Gasteiger partial charge is 0.358 e. The van der Waals surface area contributed by atoms with Gasteiger partial charge in [-0.05, 0) is 140 Å². The second-order valence-corrected chi connectivity index (χ2v) is 24.1. The third-order valence-corrected chi connectivity index (χ3v) is 13.7. The van der Waals surface area contributed by atoms with Gasteiger partial charge in [0.2, 0.25) is 0 Å². The first-order valence-electron chi connectivity index (χ1n) is 32.4. The van der Waals surface area contributed by atoms with Gasteiger partial charge in [-0.2, -0.15) is 0 Å². The summed E-state index contributed by atoms with van der Waals surface area (Å²) in [6, 6.07) is 0. The van der Waals surface area contributed by atoms with Gasteiger partial charge in [-0.3, -0.25) is 0 Å². The van der Waals surface area contributed by atoms with E-state index in [1.165, 1.54) is 13.8 Å². The summed E-state index contributed by atoms with van der Waals surface area (Å²) in [6.45, 7) is 43.2. The summed E-state index contributed by atoms with van der Waals surface area (Å²) in [4.78, 5) is 111. The number of aryl methyl sites for hydroxylation is 6. The van der Waals surface area contributed by atoms with Crippen molar-refractivity contribution in [1.82, 2.24) is 59.8 Å². The lowest BCUT2D eigenvalue weighted by Gasteiger charge is -2.22. The number of carboxylic acids is 3. The summed E-state index contributed by atoms with van der Waals surface area (Å²) in [7, 11) is 3.15. The van der Waals surface area contributed by atoms with E-state index >= 15 is 0 Å². The van der Waals surface area contributed by atoms with Gasteiger partial charge in [-0.15, -0.1) is 0 Å².